The van der Waals surface area contributed by atoms with Crippen LogP contribution < -0.4 is 0 Å². The van der Waals surface area contributed by atoms with E-state index < -0.39 is 4.92 Å². The molecule has 0 aromatic heterocycles. The van der Waals surface area contributed by atoms with Gasteiger partial charge in [0.1, 0.15) is 0 Å². The lowest BCUT2D eigenvalue weighted by Gasteiger charge is -2.08. The lowest BCUT2D eigenvalue weighted by Crippen LogP contribution is -2.27. The third-order valence-corrected chi connectivity index (χ3v) is 4.10. The highest BCUT2D eigenvalue weighted by atomic mass is 32.2. The van der Waals surface area contributed by atoms with Gasteiger partial charge in [0.25, 0.3) is 16.8 Å². The van der Waals surface area contributed by atoms with E-state index in [0.717, 1.165) is 11.8 Å². The molecule has 1 aliphatic heterocycles. The van der Waals surface area contributed by atoms with Crippen LogP contribution in [-0.2, 0) is 4.79 Å². The highest BCUT2D eigenvalue weighted by Crippen LogP contribution is 2.36. The predicted octanol–water partition coefficient (Wildman–Crippen LogP) is 3.04. The summed E-state index contributed by atoms with van der Waals surface area (Å²) in [5.41, 5.74) is 1.33. The molecule has 0 atom stereocenters. The Hall–Kier alpha value is -2.15. The smallest absolute Gasteiger partial charge is 0.269 e. The van der Waals surface area contributed by atoms with Gasteiger partial charge in [0.15, 0.2) is 0 Å². The number of hydrogen-bond donors (Lipinski definition) is 0. The molecule has 6 nitrogen and oxygen atoms in total. The molecule has 20 heavy (non-hydrogen) atoms. The van der Waals surface area contributed by atoms with Gasteiger partial charge in [0.2, 0.25) is 0 Å². The van der Waals surface area contributed by atoms with Crippen molar-refractivity contribution in [3.8, 4) is 0 Å². The Bertz CT molecular complexity index is 622. The van der Waals surface area contributed by atoms with Gasteiger partial charge in [-0.25, -0.2) is 0 Å². The first-order valence-corrected chi connectivity index (χ1v) is 6.76. The zero-order valence-corrected chi connectivity index (χ0v) is 11.8. The van der Waals surface area contributed by atoms with Crippen molar-refractivity contribution in [2.75, 3.05) is 6.54 Å². The van der Waals surface area contributed by atoms with Gasteiger partial charge in [-0.1, -0.05) is 0 Å². The number of thioether (sulfide) groups is 1. The molecule has 1 aliphatic rings. The Balaban J connectivity index is 2.37. The lowest BCUT2D eigenvalue weighted by molar-refractivity contribution is -0.384. The number of imide groups is 1. The number of amides is 2. The van der Waals surface area contributed by atoms with Crippen molar-refractivity contribution in [3.63, 3.8) is 0 Å². The molecule has 2 amide bonds. The van der Waals surface area contributed by atoms with Crippen LogP contribution in [0.25, 0.3) is 5.57 Å². The monoisotopic (exact) mass is 292 g/mol. The molecule has 0 spiro atoms. The molecule has 1 aromatic carbocycles. The average molecular weight is 292 g/mol. The third-order valence-electron chi connectivity index (χ3n) is 3.02. The summed E-state index contributed by atoms with van der Waals surface area (Å²) in [6, 6.07) is 5.91. The fourth-order valence-electron chi connectivity index (χ4n) is 1.87. The number of carbonyl (C=O) groups is 2. The molecule has 1 aromatic rings. The number of nitro groups is 1. The van der Waals surface area contributed by atoms with Crippen molar-refractivity contribution in [2.45, 2.75) is 13.8 Å². The van der Waals surface area contributed by atoms with Crippen LogP contribution in [0.1, 0.15) is 19.4 Å². The van der Waals surface area contributed by atoms with Gasteiger partial charge in [0, 0.05) is 18.7 Å². The molecular weight excluding hydrogens is 280 g/mol. The van der Waals surface area contributed by atoms with Crippen molar-refractivity contribution in [2.24, 2.45) is 0 Å². The molecule has 2 rings (SSSR count). The Labute approximate surface area is 119 Å². The van der Waals surface area contributed by atoms with Crippen molar-refractivity contribution < 1.29 is 14.5 Å². The molecule has 104 valence electrons. The fraction of sp³-hybridized carbons (Fsp3) is 0.231. The maximum Gasteiger partial charge on any atom is 0.293 e. The van der Waals surface area contributed by atoms with Crippen LogP contribution in [0.2, 0.25) is 0 Å². The first kappa shape index (κ1) is 14.3. The van der Waals surface area contributed by atoms with Crippen LogP contribution in [0.15, 0.2) is 29.2 Å². The summed E-state index contributed by atoms with van der Waals surface area (Å²) < 4.78 is 0. The average Bonchev–Trinajstić information content (AvgIpc) is 2.72. The van der Waals surface area contributed by atoms with E-state index >= 15 is 0 Å². The van der Waals surface area contributed by atoms with Crippen LogP contribution in [0.5, 0.6) is 0 Å². The summed E-state index contributed by atoms with van der Waals surface area (Å²) in [6.45, 7) is 3.80. The largest absolute Gasteiger partial charge is 0.293 e. The summed E-state index contributed by atoms with van der Waals surface area (Å²) in [5.74, 6) is -0.307. The van der Waals surface area contributed by atoms with Gasteiger partial charge in [-0.05, 0) is 48.9 Å². The van der Waals surface area contributed by atoms with Crippen molar-refractivity contribution in [1.29, 1.82) is 0 Å². The van der Waals surface area contributed by atoms with E-state index in [9.17, 15) is 19.7 Å². The molecule has 0 unspecified atom stereocenters. The number of hydrogen-bond acceptors (Lipinski definition) is 5. The van der Waals surface area contributed by atoms with E-state index in [2.05, 4.69) is 0 Å². The van der Waals surface area contributed by atoms with Crippen molar-refractivity contribution in [3.05, 3.63) is 44.8 Å². The predicted molar refractivity (Wildman–Crippen MR) is 76.1 cm³/mol. The van der Waals surface area contributed by atoms with Gasteiger partial charge in [-0.2, -0.15) is 0 Å². The number of rotatable bonds is 3. The second-order valence-electron chi connectivity index (χ2n) is 4.18. The zero-order chi connectivity index (χ0) is 14.9. The summed E-state index contributed by atoms with van der Waals surface area (Å²) >= 11 is 0.903. The number of benzene rings is 1. The molecule has 0 saturated carbocycles. The maximum absolute atomic E-state index is 12.1. The second kappa shape index (κ2) is 5.46. The molecular formula is C13H12N2O4S. The van der Waals surface area contributed by atoms with Gasteiger partial charge < -0.3 is 0 Å². The summed E-state index contributed by atoms with van der Waals surface area (Å²) in [6.07, 6.45) is 0. The summed E-state index contributed by atoms with van der Waals surface area (Å²) in [7, 11) is 0. The molecule has 0 radical (unpaired) electrons. The molecule has 1 fully saturated rings. The standard InChI is InChI=1S/C13H12N2O4S/c1-3-14-12(16)11(20-13(14)17)8(2)9-4-6-10(7-5-9)15(18)19/h4-7H,3H2,1-2H3/b11-8-. The minimum absolute atomic E-state index is 0.0109. The van der Waals surface area contributed by atoms with Crippen LogP contribution >= 0.6 is 11.8 Å². The van der Waals surface area contributed by atoms with Crippen LogP contribution in [0.3, 0.4) is 0 Å². The van der Waals surface area contributed by atoms with Gasteiger partial charge in [0.05, 0.1) is 9.83 Å². The van der Waals surface area contributed by atoms with E-state index in [1.165, 1.54) is 17.0 Å². The molecule has 1 saturated heterocycles. The van der Waals surface area contributed by atoms with Crippen LogP contribution in [0, 0.1) is 10.1 Å². The molecule has 0 aliphatic carbocycles. The highest BCUT2D eigenvalue weighted by molar-refractivity contribution is 8.18. The molecule has 1 heterocycles. The third kappa shape index (κ3) is 2.44. The normalized spacial score (nSPS) is 17.6. The molecule has 0 N–H and O–H groups in total. The van der Waals surface area contributed by atoms with Gasteiger partial charge >= 0.3 is 0 Å². The second-order valence-corrected chi connectivity index (χ2v) is 5.14. The highest BCUT2D eigenvalue weighted by Gasteiger charge is 2.35. The van der Waals surface area contributed by atoms with E-state index in [1.54, 1.807) is 26.0 Å². The number of nitro benzene ring substituents is 1. The Morgan fingerprint density at radius 1 is 1.30 bits per heavy atom. The maximum atomic E-state index is 12.1. The fourth-order valence-corrected chi connectivity index (χ4v) is 2.83. The Kier molecular flexibility index (Phi) is 3.89. The number of carbonyl (C=O) groups excluding carboxylic acids is 2. The number of allylic oxidation sites excluding steroid dienone is 1. The molecule has 0 bridgehead atoms. The van der Waals surface area contributed by atoms with Gasteiger partial charge in [-0.15, -0.1) is 0 Å². The number of non-ortho nitro benzene ring substituents is 1. The number of nitrogens with zero attached hydrogens (tertiary/aromatic N) is 2. The Morgan fingerprint density at radius 3 is 2.35 bits per heavy atom. The van der Waals surface area contributed by atoms with E-state index in [4.69, 9.17) is 0 Å². The summed E-state index contributed by atoms with van der Waals surface area (Å²) in [5, 5.41) is 10.3. The van der Waals surface area contributed by atoms with Crippen molar-refractivity contribution in [1.82, 2.24) is 4.90 Å². The van der Waals surface area contributed by atoms with E-state index in [-0.39, 0.29) is 16.8 Å². The van der Waals surface area contributed by atoms with Crippen LogP contribution in [-0.4, -0.2) is 27.5 Å². The number of likely N-dealkylation sites (N-methyl/N-ethyl adjacent to an activating group) is 1. The van der Waals surface area contributed by atoms with E-state index in [1.807, 2.05) is 0 Å². The first-order chi connectivity index (χ1) is 9.45. The van der Waals surface area contributed by atoms with Crippen molar-refractivity contribution >= 4 is 34.2 Å². The first-order valence-electron chi connectivity index (χ1n) is 5.95. The van der Waals surface area contributed by atoms with E-state index in [0.29, 0.717) is 22.6 Å². The topological polar surface area (TPSA) is 80.5 Å². The molecule has 7 heteroatoms. The lowest BCUT2D eigenvalue weighted by atomic mass is 10.1. The minimum atomic E-state index is -0.482. The quantitative estimate of drug-likeness (QED) is 0.486. The minimum Gasteiger partial charge on any atom is -0.269 e. The Morgan fingerprint density at radius 2 is 1.90 bits per heavy atom. The van der Waals surface area contributed by atoms with Crippen LogP contribution in [0.4, 0.5) is 10.5 Å². The zero-order valence-electron chi connectivity index (χ0n) is 11.0. The summed E-state index contributed by atoms with van der Waals surface area (Å²) in [4.78, 5) is 35.4. The van der Waals surface area contributed by atoms with Gasteiger partial charge in [-0.3, -0.25) is 24.6 Å². The SMILES string of the molecule is CCN1C(=O)S/C(=C(/C)c2ccc([N+](=O)[O-])cc2)C1=O.